The molecule has 2 aromatic heterocycles. The smallest absolute Gasteiger partial charge is 0.323 e. The molecular weight excluding hydrogens is 511 g/mol. The summed E-state index contributed by atoms with van der Waals surface area (Å²) in [6, 6.07) is 11.1. The highest BCUT2D eigenvalue weighted by atomic mass is 35.5. The van der Waals surface area contributed by atoms with Gasteiger partial charge < -0.3 is 21.3 Å². The van der Waals surface area contributed by atoms with Crippen molar-refractivity contribution in [2.45, 2.75) is 6.18 Å². The summed E-state index contributed by atoms with van der Waals surface area (Å²) >= 11 is 6.16. The molecule has 37 heavy (non-hydrogen) atoms. The Morgan fingerprint density at radius 3 is 2.16 bits per heavy atom. The lowest BCUT2D eigenvalue weighted by atomic mass is 10.2. The second kappa shape index (κ2) is 10.9. The number of pyridine rings is 1. The van der Waals surface area contributed by atoms with Crippen molar-refractivity contribution in [3.8, 4) is 0 Å². The van der Waals surface area contributed by atoms with Crippen LogP contribution in [-0.2, 0) is 6.18 Å². The third-order valence-corrected chi connectivity index (χ3v) is 5.07. The first-order chi connectivity index (χ1) is 17.7. The summed E-state index contributed by atoms with van der Waals surface area (Å²) < 4.78 is 38.6. The molecule has 0 aliphatic carbocycles. The third kappa shape index (κ3) is 6.92. The van der Waals surface area contributed by atoms with Gasteiger partial charge in [0.1, 0.15) is 0 Å². The van der Waals surface area contributed by atoms with Crippen molar-refractivity contribution >= 4 is 52.2 Å². The SMILES string of the molecule is O=C(Nc1cccc(C(F)(F)F)c1)Nc1ccc(Cl)c(C(=O)Nc2cnc(Nc3cccnc3)nc2)c1. The minimum absolute atomic E-state index is 0.0381. The summed E-state index contributed by atoms with van der Waals surface area (Å²) in [5.74, 6) is -0.300. The van der Waals surface area contributed by atoms with Gasteiger partial charge in [0.05, 0.1) is 46.1 Å². The number of hydrogen-bond donors (Lipinski definition) is 4. The fourth-order valence-corrected chi connectivity index (χ4v) is 3.27. The number of rotatable bonds is 6. The summed E-state index contributed by atoms with van der Waals surface area (Å²) in [7, 11) is 0. The van der Waals surface area contributed by atoms with Gasteiger partial charge in [-0.25, -0.2) is 14.8 Å². The van der Waals surface area contributed by atoms with Crippen molar-refractivity contribution in [2.24, 2.45) is 0 Å². The summed E-state index contributed by atoms with van der Waals surface area (Å²) in [4.78, 5) is 37.3. The Labute approximate surface area is 213 Å². The van der Waals surface area contributed by atoms with E-state index in [1.165, 1.54) is 42.7 Å². The maximum absolute atomic E-state index is 12.9. The summed E-state index contributed by atoms with van der Waals surface area (Å²) in [6.45, 7) is 0. The predicted molar refractivity (Wildman–Crippen MR) is 133 cm³/mol. The number of carbonyl (C=O) groups is 2. The first-order valence-electron chi connectivity index (χ1n) is 10.5. The average molecular weight is 528 g/mol. The molecule has 4 N–H and O–H groups in total. The summed E-state index contributed by atoms with van der Waals surface area (Å²) in [5.41, 5.74) is 0.245. The fraction of sp³-hybridized carbons (Fsp3) is 0.0417. The number of benzene rings is 2. The van der Waals surface area contributed by atoms with E-state index in [4.69, 9.17) is 11.6 Å². The molecule has 2 heterocycles. The van der Waals surface area contributed by atoms with Crippen LogP contribution in [0.2, 0.25) is 5.02 Å². The van der Waals surface area contributed by atoms with Gasteiger partial charge in [0.15, 0.2) is 0 Å². The van der Waals surface area contributed by atoms with Crippen molar-refractivity contribution in [1.82, 2.24) is 15.0 Å². The molecule has 4 aromatic rings. The van der Waals surface area contributed by atoms with Gasteiger partial charge in [-0.15, -0.1) is 0 Å². The molecule has 13 heteroatoms. The van der Waals surface area contributed by atoms with Crippen LogP contribution in [-0.4, -0.2) is 26.9 Å². The van der Waals surface area contributed by atoms with E-state index in [0.29, 0.717) is 17.3 Å². The van der Waals surface area contributed by atoms with E-state index >= 15 is 0 Å². The maximum Gasteiger partial charge on any atom is 0.416 e. The van der Waals surface area contributed by atoms with Crippen molar-refractivity contribution in [3.05, 3.63) is 95.5 Å². The minimum atomic E-state index is -4.55. The van der Waals surface area contributed by atoms with Gasteiger partial charge in [0.2, 0.25) is 5.95 Å². The van der Waals surface area contributed by atoms with Crippen LogP contribution in [0.25, 0.3) is 0 Å². The molecule has 3 amide bonds. The lowest BCUT2D eigenvalue weighted by molar-refractivity contribution is -0.137. The van der Waals surface area contributed by atoms with E-state index in [-0.39, 0.29) is 22.0 Å². The Hall–Kier alpha value is -4.71. The number of nitrogens with one attached hydrogen (secondary N) is 4. The highest BCUT2D eigenvalue weighted by molar-refractivity contribution is 6.34. The largest absolute Gasteiger partial charge is 0.416 e. The zero-order chi connectivity index (χ0) is 26.4. The molecule has 0 saturated heterocycles. The highest BCUT2D eigenvalue weighted by Gasteiger charge is 2.30. The summed E-state index contributed by atoms with van der Waals surface area (Å²) in [6.07, 6.45) is 1.46. The molecule has 4 rings (SSSR count). The van der Waals surface area contributed by atoms with Crippen LogP contribution in [0.5, 0.6) is 0 Å². The first kappa shape index (κ1) is 25.4. The van der Waals surface area contributed by atoms with E-state index < -0.39 is 23.7 Å². The van der Waals surface area contributed by atoms with Crippen LogP contribution in [0.4, 0.5) is 46.7 Å². The third-order valence-electron chi connectivity index (χ3n) is 4.74. The second-order valence-electron chi connectivity index (χ2n) is 7.47. The molecule has 0 atom stereocenters. The molecule has 0 bridgehead atoms. The second-order valence-corrected chi connectivity index (χ2v) is 7.88. The van der Waals surface area contributed by atoms with E-state index in [9.17, 15) is 22.8 Å². The Bertz CT molecular complexity index is 1420. The molecule has 2 aromatic carbocycles. The summed E-state index contributed by atoms with van der Waals surface area (Å²) in [5, 5.41) is 10.5. The van der Waals surface area contributed by atoms with Crippen LogP contribution < -0.4 is 21.3 Å². The zero-order valence-corrected chi connectivity index (χ0v) is 19.4. The number of alkyl halides is 3. The standard InChI is InChI=1S/C24H17ClF3N7O2/c25-20-7-6-16(35-23(37)34-15-4-1-3-14(9-15)24(26,27)28)10-19(20)21(36)32-18-12-30-22(31-13-18)33-17-5-2-8-29-11-17/h1-13H,(H,32,36)(H,30,31,33)(H2,34,35,37). The van der Waals surface area contributed by atoms with Crippen LogP contribution in [0, 0.1) is 0 Å². The van der Waals surface area contributed by atoms with E-state index in [1.54, 1.807) is 24.5 Å². The van der Waals surface area contributed by atoms with Gasteiger partial charge >= 0.3 is 12.2 Å². The van der Waals surface area contributed by atoms with Crippen LogP contribution in [0.1, 0.15) is 15.9 Å². The van der Waals surface area contributed by atoms with E-state index in [2.05, 4.69) is 36.2 Å². The number of hydrogen-bond acceptors (Lipinski definition) is 6. The molecule has 0 spiro atoms. The zero-order valence-electron chi connectivity index (χ0n) is 18.7. The van der Waals surface area contributed by atoms with Gasteiger partial charge in [0, 0.05) is 17.6 Å². The number of anilines is 5. The predicted octanol–water partition coefficient (Wildman–Crippen LogP) is 6.18. The highest BCUT2D eigenvalue weighted by Crippen LogP contribution is 2.30. The topological polar surface area (TPSA) is 121 Å². The van der Waals surface area contributed by atoms with Crippen LogP contribution in [0.15, 0.2) is 79.4 Å². The molecule has 0 unspecified atom stereocenters. The Morgan fingerprint density at radius 1 is 0.784 bits per heavy atom. The van der Waals surface area contributed by atoms with Crippen LogP contribution in [0.3, 0.4) is 0 Å². The van der Waals surface area contributed by atoms with Crippen molar-refractivity contribution < 1.29 is 22.8 Å². The Kier molecular flexibility index (Phi) is 7.49. The number of urea groups is 1. The number of nitrogens with zero attached hydrogens (tertiary/aromatic N) is 3. The van der Waals surface area contributed by atoms with E-state index in [0.717, 1.165) is 12.1 Å². The molecule has 0 aliphatic heterocycles. The van der Waals surface area contributed by atoms with E-state index in [1.807, 2.05) is 0 Å². The number of aromatic nitrogens is 3. The number of halogens is 4. The van der Waals surface area contributed by atoms with Gasteiger partial charge in [-0.05, 0) is 48.5 Å². The van der Waals surface area contributed by atoms with Crippen LogP contribution >= 0.6 is 11.6 Å². The molecule has 0 radical (unpaired) electrons. The molecule has 0 aliphatic rings. The Balaban J connectivity index is 1.39. The van der Waals surface area contributed by atoms with Gasteiger partial charge in [0.25, 0.3) is 5.91 Å². The van der Waals surface area contributed by atoms with Crippen molar-refractivity contribution in [1.29, 1.82) is 0 Å². The monoisotopic (exact) mass is 527 g/mol. The maximum atomic E-state index is 12.9. The molecular formula is C24H17ClF3N7O2. The van der Waals surface area contributed by atoms with Gasteiger partial charge in [-0.2, -0.15) is 13.2 Å². The first-order valence-corrected chi connectivity index (χ1v) is 10.9. The number of carbonyl (C=O) groups excluding carboxylic acids is 2. The number of amides is 3. The lowest BCUT2D eigenvalue weighted by Gasteiger charge is -2.12. The molecule has 188 valence electrons. The van der Waals surface area contributed by atoms with Crippen molar-refractivity contribution in [3.63, 3.8) is 0 Å². The molecule has 0 saturated carbocycles. The average Bonchev–Trinajstić information content (AvgIpc) is 2.86. The molecule has 0 fully saturated rings. The van der Waals surface area contributed by atoms with Crippen molar-refractivity contribution in [2.75, 3.05) is 21.3 Å². The quantitative estimate of drug-likeness (QED) is 0.237. The normalized spacial score (nSPS) is 10.9. The minimum Gasteiger partial charge on any atom is -0.323 e. The lowest BCUT2D eigenvalue weighted by Crippen LogP contribution is -2.20. The molecule has 9 nitrogen and oxygen atoms in total. The Morgan fingerprint density at radius 2 is 1.49 bits per heavy atom. The van der Waals surface area contributed by atoms with Gasteiger partial charge in [-0.1, -0.05) is 17.7 Å². The van der Waals surface area contributed by atoms with Gasteiger partial charge in [-0.3, -0.25) is 9.78 Å². The fourth-order valence-electron chi connectivity index (χ4n) is 3.07.